The number of halogens is 1. The molecule has 0 amide bonds. The van der Waals surface area contributed by atoms with Crippen LogP contribution in [0.3, 0.4) is 0 Å². The summed E-state index contributed by atoms with van der Waals surface area (Å²) in [6, 6.07) is 5.86. The predicted octanol–water partition coefficient (Wildman–Crippen LogP) is 3.19. The molecule has 2 aromatic rings. The van der Waals surface area contributed by atoms with Gasteiger partial charge < -0.3 is 0 Å². The van der Waals surface area contributed by atoms with Gasteiger partial charge in [-0.2, -0.15) is 0 Å². The Morgan fingerprint density at radius 1 is 1.27 bits per heavy atom. The van der Waals surface area contributed by atoms with Crippen LogP contribution in [0, 0.1) is 6.92 Å². The minimum Gasteiger partial charge on any atom is -0.264 e. The Morgan fingerprint density at radius 2 is 2.13 bits per heavy atom. The summed E-state index contributed by atoms with van der Waals surface area (Å²) in [6.45, 7) is 2.04. The van der Waals surface area contributed by atoms with Crippen molar-refractivity contribution in [1.82, 2.24) is 9.97 Å². The highest BCUT2D eigenvalue weighted by molar-refractivity contribution is 6.17. The molecule has 0 unspecified atom stereocenters. The summed E-state index contributed by atoms with van der Waals surface area (Å²) in [4.78, 5) is 8.44. The number of pyridine rings is 2. The lowest BCUT2D eigenvalue weighted by atomic mass is 10.0. The van der Waals surface area contributed by atoms with Crippen LogP contribution < -0.4 is 0 Å². The monoisotopic (exact) mass is 218 g/mol. The molecule has 0 fully saturated rings. The third-order valence-corrected chi connectivity index (χ3v) is 2.63. The van der Waals surface area contributed by atoms with Gasteiger partial charge in [-0.1, -0.05) is 0 Å². The first-order valence-corrected chi connectivity index (χ1v) is 5.27. The van der Waals surface area contributed by atoms with E-state index in [1.165, 1.54) is 5.56 Å². The molecule has 0 N–H and O–H groups in total. The second-order valence-electron chi connectivity index (χ2n) is 3.33. The maximum atomic E-state index is 5.93. The Balaban J connectivity index is 2.58. The maximum Gasteiger partial charge on any atom is 0.0764 e. The van der Waals surface area contributed by atoms with E-state index >= 15 is 0 Å². The largest absolute Gasteiger partial charge is 0.264 e. The quantitative estimate of drug-likeness (QED) is 0.724. The van der Waals surface area contributed by atoms with Gasteiger partial charge in [0.2, 0.25) is 0 Å². The van der Waals surface area contributed by atoms with Crippen molar-refractivity contribution in [1.29, 1.82) is 0 Å². The third-order valence-electron chi connectivity index (χ3n) is 2.36. The highest BCUT2D eigenvalue weighted by Crippen LogP contribution is 2.24. The van der Waals surface area contributed by atoms with Crippen molar-refractivity contribution in [2.24, 2.45) is 0 Å². The smallest absolute Gasteiger partial charge is 0.0764 e. The number of aromatic nitrogens is 2. The molecule has 2 heterocycles. The van der Waals surface area contributed by atoms with Crippen LogP contribution in [-0.2, 0) is 5.88 Å². The van der Waals surface area contributed by atoms with E-state index in [0.29, 0.717) is 5.88 Å². The molecule has 0 aliphatic heterocycles. The van der Waals surface area contributed by atoms with Crippen molar-refractivity contribution in [3.63, 3.8) is 0 Å². The molecule has 2 nitrogen and oxygen atoms in total. The molecule has 15 heavy (non-hydrogen) atoms. The van der Waals surface area contributed by atoms with Gasteiger partial charge in [-0.3, -0.25) is 9.97 Å². The minimum absolute atomic E-state index is 0.476. The molecule has 0 atom stereocenters. The summed E-state index contributed by atoms with van der Waals surface area (Å²) in [7, 11) is 0. The summed E-state index contributed by atoms with van der Waals surface area (Å²) < 4.78 is 0. The number of alkyl halides is 1. The molecular weight excluding hydrogens is 208 g/mol. The van der Waals surface area contributed by atoms with Gasteiger partial charge in [0.05, 0.1) is 5.69 Å². The zero-order valence-electron chi connectivity index (χ0n) is 8.44. The highest BCUT2D eigenvalue weighted by Gasteiger charge is 2.07. The van der Waals surface area contributed by atoms with Crippen molar-refractivity contribution in [3.8, 4) is 11.3 Å². The van der Waals surface area contributed by atoms with Crippen LogP contribution in [0.1, 0.15) is 11.1 Å². The second kappa shape index (κ2) is 4.41. The van der Waals surface area contributed by atoms with E-state index in [9.17, 15) is 0 Å². The van der Waals surface area contributed by atoms with Crippen molar-refractivity contribution in [3.05, 3.63) is 47.9 Å². The van der Waals surface area contributed by atoms with E-state index in [-0.39, 0.29) is 0 Å². The first-order chi connectivity index (χ1) is 7.33. The van der Waals surface area contributed by atoms with Crippen molar-refractivity contribution in [2.75, 3.05) is 0 Å². The van der Waals surface area contributed by atoms with Crippen molar-refractivity contribution < 1.29 is 0 Å². The molecule has 2 aromatic heterocycles. The molecule has 0 aliphatic carbocycles. The van der Waals surface area contributed by atoms with Crippen LogP contribution in [0.4, 0.5) is 0 Å². The lowest BCUT2D eigenvalue weighted by Gasteiger charge is -2.08. The van der Waals surface area contributed by atoms with Crippen LogP contribution >= 0.6 is 11.6 Å². The fraction of sp³-hybridized carbons (Fsp3) is 0.167. The molecular formula is C12H11ClN2. The molecule has 0 saturated heterocycles. The Kier molecular flexibility index (Phi) is 2.97. The Labute approximate surface area is 94.0 Å². The minimum atomic E-state index is 0.476. The topological polar surface area (TPSA) is 25.8 Å². The maximum absolute atomic E-state index is 5.93. The SMILES string of the molecule is Cc1ccnc(-c2cccnc2)c1CCl. The van der Waals surface area contributed by atoms with E-state index in [1.807, 2.05) is 25.1 Å². The van der Waals surface area contributed by atoms with Gasteiger partial charge in [-0.25, -0.2) is 0 Å². The normalized spacial score (nSPS) is 10.3. The van der Waals surface area contributed by atoms with Crippen molar-refractivity contribution >= 4 is 11.6 Å². The Bertz CT molecular complexity index is 454. The lowest BCUT2D eigenvalue weighted by molar-refractivity contribution is 1.19. The predicted molar refractivity (Wildman–Crippen MR) is 61.8 cm³/mol. The molecule has 0 radical (unpaired) electrons. The van der Waals surface area contributed by atoms with E-state index in [0.717, 1.165) is 16.8 Å². The molecule has 0 bridgehead atoms. The van der Waals surface area contributed by atoms with Crippen LogP contribution in [0.25, 0.3) is 11.3 Å². The van der Waals surface area contributed by atoms with Gasteiger partial charge in [0.15, 0.2) is 0 Å². The number of hydrogen-bond acceptors (Lipinski definition) is 2. The average Bonchev–Trinajstić information content (AvgIpc) is 2.30. The zero-order valence-corrected chi connectivity index (χ0v) is 9.20. The standard InChI is InChI=1S/C12H11ClN2/c1-9-4-6-15-12(11(9)7-13)10-3-2-5-14-8-10/h2-6,8H,7H2,1H3. The fourth-order valence-corrected chi connectivity index (χ4v) is 1.85. The molecule has 0 spiro atoms. The molecule has 3 heteroatoms. The lowest BCUT2D eigenvalue weighted by Crippen LogP contribution is -1.94. The number of rotatable bonds is 2. The second-order valence-corrected chi connectivity index (χ2v) is 3.60. The van der Waals surface area contributed by atoms with Gasteiger partial charge in [0.25, 0.3) is 0 Å². The van der Waals surface area contributed by atoms with Crippen LogP contribution in [0.2, 0.25) is 0 Å². The van der Waals surface area contributed by atoms with Crippen LogP contribution in [0.15, 0.2) is 36.8 Å². The van der Waals surface area contributed by atoms with Gasteiger partial charge in [-0.15, -0.1) is 11.6 Å². The Morgan fingerprint density at radius 3 is 2.80 bits per heavy atom. The van der Waals surface area contributed by atoms with Gasteiger partial charge in [0.1, 0.15) is 0 Å². The molecule has 0 aliphatic rings. The summed E-state index contributed by atoms with van der Waals surface area (Å²) >= 11 is 5.93. The molecule has 76 valence electrons. The number of hydrogen-bond donors (Lipinski definition) is 0. The van der Waals surface area contributed by atoms with Crippen LogP contribution in [0.5, 0.6) is 0 Å². The third kappa shape index (κ3) is 2.00. The van der Waals surface area contributed by atoms with E-state index in [1.54, 1.807) is 18.6 Å². The first kappa shape index (κ1) is 10.1. The summed E-state index contributed by atoms with van der Waals surface area (Å²) in [5.74, 6) is 0.476. The summed E-state index contributed by atoms with van der Waals surface area (Å²) in [6.07, 6.45) is 5.35. The van der Waals surface area contributed by atoms with Gasteiger partial charge in [-0.05, 0) is 36.2 Å². The number of aryl methyl sites for hydroxylation is 1. The van der Waals surface area contributed by atoms with Gasteiger partial charge >= 0.3 is 0 Å². The highest BCUT2D eigenvalue weighted by atomic mass is 35.5. The van der Waals surface area contributed by atoms with E-state index < -0.39 is 0 Å². The summed E-state index contributed by atoms with van der Waals surface area (Å²) in [5.41, 5.74) is 4.18. The average molecular weight is 219 g/mol. The molecule has 2 rings (SSSR count). The van der Waals surface area contributed by atoms with E-state index in [2.05, 4.69) is 9.97 Å². The molecule has 0 aromatic carbocycles. The van der Waals surface area contributed by atoms with Gasteiger partial charge in [0, 0.05) is 30.0 Å². The molecule has 0 saturated carbocycles. The first-order valence-electron chi connectivity index (χ1n) is 4.74. The van der Waals surface area contributed by atoms with E-state index in [4.69, 9.17) is 11.6 Å². The zero-order chi connectivity index (χ0) is 10.7. The number of nitrogens with zero attached hydrogens (tertiary/aromatic N) is 2. The fourth-order valence-electron chi connectivity index (χ4n) is 1.51. The van der Waals surface area contributed by atoms with Crippen LogP contribution in [-0.4, -0.2) is 9.97 Å². The Hall–Kier alpha value is -1.41. The summed E-state index contributed by atoms with van der Waals surface area (Å²) in [5, 5.41) is 0. The van der Waals surface area contributed by atoms with Crippen molar-refractivity contribution in [2.45, 2.75) is 12.8 Å².